The van der Waals surface area contributed by atoms with E-state index >= 15 is 0 Å². The highest BCUT2D eigenvalue weighted by Gasteiger charge is 2.18. The molecule has 8 heteroatoms. The molecule has 4 aromatic rings. The van der Waals surface area contributed by atoms with Crippen molar-refractivity contribution in [3.63, 3.8) is 0 Å². The maximum Gasteiger partial charge on any atom is 0.234 e. The standard InChI is InChI=1S/C27H29N5O2S/c33-25(29-23-15-13-22(14-16-23)28-21-10-5-2-6-11-21)19-35-27-31-30-26(24-12-7-17-34-24)32(27)18-20-8-3-1-4-9-20/h1,3-4,7-9,12-17,21,28H,2,5-6,10-11,18-19H2,(H,29,33). The van der Waals surface area contributed by atoms with Crippen molar-refractivity contribution >= 4 is 29.0 Å². The first-order valence-corrected chi connectivity index (χ1v) is 13.0. The van der Waals surface area contributed by atoms with Crippen molar-refractivity contribution in [2.45, 2.75) is 49.8 Å². The van der Waals surface area contributed by atoms with E-state index in [9.17, 15) is 4.79 Å². The van der Waals surface area contributed by atoms with Crippen LogP contribution in [0.15, 0.2) is 82.6 Å². The maximum absolute atomic E-state index is 12.7. The predicted molar refractivity (Wildman–Crippen MR) is 140 cm³/mol. The predicted octanol–water partition coefficient (Wildman–Crippen LogP) is 6.06. The Balaban J connectivity index is 1.21. The molecule has 1 aliphatic carbocycles. The fourth-order valence-corrected chi connectivity index (χ4v) is 5.09. The van der Waals surface area contributed by atoms with Crippen LogP contribution in [0.4, 0.5) is 11.4 Å². The zero-order valence-corrected chi connectivity index (χ0v) is 20.3. The number of hydrogen-bond donors (Lipinski definition) is 2. The zero-order valence-electron chi connectivity index (χ0n) is 19.5. The summed E-state index contributed by atoms with van der Waals surface area (Å²) in [4.78, 5) is 12.7. The van der Waals surface area contributed by atoms with E-state index in [0.717, 1.165) is 16.9 Å². The molecule has 180 valence electrons. The zero-order chi connectivity index (χ0) is 23.9. The lowest BCUT2D eigenvalue weighted by Gasteiger charge is -2.23. The average Bonchev–Trinajstić information content (AvgIpc) is 3.55. The molecule has 1 saturated carbocycles. The van der Waals surface area contributed by atoms with Crippen molar-refractivity contribution < 1.29 is 9.21 Å². The lowest BCUT2D eigenvalue weighted by molar-refractivity contribution is -0.113. The van der Waals surface area contributed by atoms with Crippen molar-refractivity contribution in [3.8, 4) is 11.6 Å². The number of aromatic nitrogens is 3. The van der Waals surface area contributed by atoms with Crippen LogP contribution in [0.25, 0.3) is 11.6 Å². The number of nitrogens with one attached hydrogen (secondary N) is 2. The number of carbonyl (C=O) groups is 1. The van der Waals surface area contributed by atoms with E-state index in [-0.39, 0.29) is 11.7 Å². The molecule has 2 aromatic heterocycles. The number of hydrogen-bond acceptors (Lipinski definition) is 6. The monoisotopic (exact) mass is 487 g/mol. The SMILES string of the molecule is O=C(CSc1nnc(-c2ccco2)n1Cc1ccccc1)Nc1ccc(NC2CCCCC2)cc1. The second-order valence-electron chi connectivity index (χ2n) is 8.75. The quantitative estimate of drug-likeness (QED) is 0.279. The number of anilines is 2. The van der Waals surface area contributed by atoms with Crippen molar-refractivity contribution in [1.29, 1.82) is 0 Å². The van der Waals surface area contributed by atoms with Gasteiger partial charge in [-0.3, -0.25) is 9.36 Å². The molecule has 0 atom stereocenters. The Morgan fingerprint density at radius 2 is 1.71 bits per heavy atom. The lowest BCUT2D eigenvalue weighted by atomic mass is 9.95. The molecule has 2 N–H and O–H groups in total. The summed E-state index contributed by atoms with van der Waals surface area (Å²) in [6.07, 6.45) is 8.01. The van der Waals surface area contributed by atoms with Crippen LogP contribution < -0.4 is 10.6 Å². The molecule has 2 heterocycles. The molecule has 1 aliphatic rings. The van der Waals surface area contributed by atoms with Crippen molar-refractivity contribution in [1.82, 2.24) is 14.8 Å². The number of carbonyl (C=O) groups excluding carboxylic acids is 1. The molecule has 2 aromatic carbocycles. The number of amides is 1. The van der Waals surface area contributed by atoms with Crippen molar-refractivity contribution in [2.75, 3.05) is 16.4 Å². The summed E-state index contributed by atoms with van der Waals surface area (Å²) in [6, 6.07) is 22.3. The lowest BCUT2D eigenvalue weighted by Crippen LogP contribution is -2.22. The first-order chi connectivity index (χ1) is 17.2. The Kier molecular flexibility index (Phi) is 7.48. The van der Waals surface area contributed by atoms with Gasteiger partial charge >= 0.3 is 0 Å². The van der Waals surface area contributed by atoms with Gasteiger partial charge < -0.3 is 15.1 Å². The molecular formula is C27H29N5O2S. The van der Waals surface area contributed by atoms with E-state index in [1.165, 1.54) is 43.9 Å². The van der Waals surface area contributed by atoms with Gasteiger partial charge in [0.25, 0.3) is 0 Å². The molecule has 0 bridgehead atoms. The topological polar surface area (TPSA) is 85.0 Å². The van der Waals surface area contributed by atoms with Crippen LogP contribution in [-0.2, 0) is 11.3 Å². The van der Waals surface area contributed by atoms with Crippen LogP contribution in [-0.4, -0.2) is 32.5 Å². The van der Waals surface area contributed by atoms with E-state index in [4.69, 9.17) is 4.42 Å². The maximum atomic E-state index is 12.7. The highest BCUT2D eigenvalue weighted by Crippen LogP contribution is 2.26. The number of benzene rings is 2. The molecule has 0 aliphatic heterocycles. The van der Waals surface area contributed by atoms with Crippen LogP contribution in [0.2, 0.25) is 0 Å². The molecule has 7 nitrogen and oxygen atoms in total. The summed E-state index contributed by atoms with van der Waals surface area (Å²) in [5.41, 5.74) is 3.00. The highest BCUT2D eigenvalue weighted by molar-refractivity contribution is 7.99. The normalized spacial score (nSPS) is 14.1. The van der Waals surface area contributed by atoms with E-state index < -0.39 is 0 Å². The van der Waals surface area contributed by atoms with E-state index in [2.05, 4.69) is 33.0 Å². The Hall–Kier alpha value is -3.52. The van der Waals surface area contributed by atoms with Gasteiger partial charge in [-0.25, -0.2) is 0 Å². The third-order valence-corrected chi connectivity index (χ3v) is 7.09. The van der Waals surface area contributed by atoms with Gasteiger partial charge in [0.2, 0.25) is 11.7 Å². The Morgan fingerprint density at radius 3 is 2.46 bits per heavy atom. The van der Waals surface area contributed by atoms with Crippen LogP contribution in [0.1, 0.15) is 37.7 Å². The molecule has 0 saturated heterocycles. The fourth-order valence-electron chi connectivity index (χ4n) is 4.35. The first-order valence-electron chi connectivity index (χ1n) is 12.0. The van der Waals surface area contributed by atoms with Crippen LogP contribution in [0.5, 0.6) is 0 Å². The van der Waals surface area contributed by atoms with E-state index in [1.807, 2.05) is 59.2 Å². The van der Waals surface area contributed by atoms with Gasteiger partial charge in [0, 0.05) is 17.4 Å². The largest absolute Gasteiger partial charge is 0.461 e. The third-order valence-electron chi connectivity index (χ3n) is 6.12. The van der Waals surface area contributed by atoms with Crippen molar-refractivity contribution in [3.05, 3.63) is 78.6 Å². The molecule has 5 rings (SSSR count). The van der Waals surface area contributed by atoms with Crippen LogP contribution in [0, 0.1) is 0 Å². The molecule has 0 radical (unpaired) electrons. The summed E-state index contributed by atoms with van der Waals surface area (Å²) < 4.78 is 7.54. The van der Waals surface area contributed by atoms with Gasteiger partial charge in [-0.1, -0.05) is 61.4 Å². The third kappa shape index (κ3) is 6.14. The van der Waals surface area contributed by atoms with Gasteiger partial charge in [-0.05, 0) is 54.8 Å². The van der Waals surface area contributed by atoms with E-state index in [0.29, 0.717) is 29.3 Å². The summed E-state index contributed by atoms with van der Waals surface area (Å²) in [6.45, 7) is 0.587. The minimum Gasteiger partial charge on any atom is -0.461 e. The van der Waals surface area contributed by atoms with Gasteiger partial charge in [-0.15, -0.1) is 10.2 Å². The number of furan rings is 1. The summed E-state index contributed by atoms with van der Waals surface area (Å²) >= 11 is 1.36. The minimum atomic E-state index is -0.0863. The van der Waals surface area contributed by atoms with Crippen molar-refractivity contribution in [2.24, 2.45) is 0 Å². The minimum absolute atomic E-state index is 0.0863. The Bertz CT molecular complexity index is 1220. The first kappa shape index (κ1) is 23.2. The second-order valence-corrected chi connectivity index (χ2v) is 9.69. The number of rotatable bonds is 9. The van der Waals surface area contributed by atoms with Crippen LogP contribution >= 0.6 is 11.8 Å². The molecule has 1 amide bonds. The van der Waals surface area contributed by atoms with Gasteiger partial charge in [0.15, 0.2) is 10.9 Å². The van der Waals surface area contributed by atoms with E-state index in [1.54, 1.807) is 6.26 Å². The smallest absolute Gasteiger partial charge is 0.234 e. The Labute approximate surface area is 209 Å². The summed E-state index contributed by atoms with van der Waals surface area (Å²) in [7, 11) is 0. The second kappa shape index (κ2) is 11.3. The summed E-state index contributed by atoms with van der Waals surface area (Å²) in [5.74, 6) is 1.43. The molecule has 0 spiro atoms. The molecule has 1 fully saturated rings. The van der Waals surface area contributed by atoms with Crippen LogP contribution in [0.3, 0.4) is 0 Å². The number of nitrogens with zero attached hydrogens (tertiary/aromatic N) is 3. The summed E-state index contributed by atoms with van der Waals surface area (Å²) in [5, 5.41) is 15.9. The highest BCUT2D eigenvalue weighted by atomic mass is 32.2. The average molecular weight is 488 g/mol. The Morgan fingerprint density at radius 1 is 0.943 bits per heavy atom. The number of thioether (sulfide) groups is 1. The van der Waals surface area contributed by atoms with Gasteiger partial charge in [0.05, 0.1) is 18.6 Å². The van der Waals surface area contributed by atoms with Gasteiger partial charge in [-0.2, -0.15) is 0 Å². The fraction of sp³-hybridized carbons (Fsp3) is 0.296. The molecular weight excluding hydrogens is 458 g/mol. The van der Waals surface area contributed by atoms with Gasteiger partial charge in [0.1, 0.15) is 0 Å². The molecule has 0 unspecified atom stereocenters. The molecule has 35 heavy (non-hydrogen) atoms.